The minimum atomic E-state index is -5.14. The molecule has 0 aromatic heterocycles. The third-order valence-electron chi connectivity index (χ3n) is 13.7. The standard InChI is InChI=1S/C50H50F4N2O18S5/c1-49(2)41(12-7-5-8-13-42-50(3,19-11-23-75(58,59)60)45-34-25-30(77(64,65)66)27-40(79(70,71)72)32(34)16-18-38(45)56(42)21-22-73-4)55(20-10-6-9-14-43(57)74-48-46(53)35(51)28-36(52)47(48)54)37-17-15-31-33(44(37)49)24-29(76(61,62)63)26-39(31)78(67,68)69/h5,7-8,12-13,15-18,24-28H,6,9-11,14,19-23H2,1-4H3,(H4-,58,59,60,61,62,63,64,65,66,67,68,69,70,71,72)/p+1. The molecule has 0 fully saturated rings. The first kappa shape index (κ1) is 60.6. The molecular formula is C50H51F4N2O18S5+. The highest BCUT2D eigenvalue weighted by Crippen LogP contribution is 2.52. The van der Waals surface area contributed by atoms with Crippen LogP contribution in [0.25, 0.3) is 21.5 Å². The van der Waals surface area contributed by atoms with Crippen molar-refractivity contribution in [2.24, 2.45) is 0 Å². The Labute approximate surface area is 452 Å². The number of ether oxygens (including phenoxy) is 2. The van der Waals surface area contributed by atoms with E-state index in [2.05, 4.69) is 4.74 Å². The second-order valence-corrected chi connectivity index (χ2v) is 26.5. The topological polar surface area (TPSA) is 314 Å². The highest BCUT2D eigenvalue weighted by atomic mass is 32.2. The molecule has 0 saturated heterocycles. The number of halogens is 4. The maximum absolute atomic E-state index is 14.2. The molecule has 0 aliphatic carbocycles. The second kappa shape index (κ2) is 22.2. The van der Waals surface area contributed by atoms with E-state index in [4.69, 9.17) is 4.74 Å². The minimum absolute atomic E-state index is 0.0140. The van der Waals surface area contributed by atoms with Crippen molar-refractivity contribution in [2.75, 3.05) is 37.5 Å². The maximum Gasteiger partial charge on any atom is 0.311 e. The zero-order chi connectivity index (χ0) is 58.6. The highest BCUT2D eigenvalue weighted by molar-refractivity contribution is 7.87. The van der Waals surface area contributed by atoms with Crippen LogP contribution in [0.1, 0.15) is 70.4 Å². The Morgan fingerprint density at radius 3 is 1.75 bits per heavy atom. The number of carbonyl (C=O) groups excluding carboxylic acids is 1. The Balaban J connectivity index is 1.31. The average Bonchev–Trinajstić information content (AvgIpc) is 3.99. The van der Waals surface area contributed by atoms with Gasteiger partial charge in [0.1, 0.15) is 16.4 Å². The van der Waals surface area contributed by atoms with Gasteiger partial charge in [0.15, 0.2) is 23.9 Å². The predicted molar refractivity (Wildman–Crippen MR) is 279 cm³/mol. The summed E-state index contributed by atoms with van der Waals surface area (Å²) >= 11 is 0. The van der Waals surface area contributed by atoms with Crippen molar-refractivity contribution in [1.29, 1.82) is 0 Å². The monoisotopic (exact) mass is 1200 g/mol. The van der Waals surface area contributed by atoms with Crippen LogP contribution >= 0.6 is 0 Å². The van der Waals surface area contributed by atoms with Crippen molar-refractivity contribution in [2.45, 2.75) is 89.7 Å². The van der Waals surface area contributed by atoms with E-state index < -0.39 is 128 Å². The molecule has 0 bridgehead atoms. The molecule has 0 spiro atoms. The molecule has 426 valence electrons. The number of hydrogen-bond donors (Lipinski definition) is 5. The van der Waals surface area contributed by atoms with Crippen molar-refractivity contribution < 1.29 is 101 Å². The maximum atomic E-state index is 14.2. The summed E-state index contributed by atoms with van der Waals surface area (Å²) in [5, 5.41) is -0.280. The number of carbonyl (C=O) groups is 1. The lowest BCUT2D eigenvalue weighted by atomic mass is 9.74. The van der Waals surface area contributed by atoms with Gasteiger partial charge in [-0.3, -0.25) is 27.6 Å². The van der Waals surface area contributed by atoms with E-state index in [1.54, 1.807) is 60.6 Å². The van der Waals surface area contributed by atoms with Gasteiger partial charge in [0.05, 0.1) is 21.0 Å². The van der Waals surface area contributed by atoms with E-state index in [9.17, 15) is 87.2 Å². The van der Waals surface area contributed by atoms with E-state index >= 15 is 0 Å². The number of nitrogens with zero attached hydrogens (tertiary/aromatic N) is 2. The van der Waals surface area contributed by atoms with Crippen LogP contribution in [0, 0.1) is 23.3 Å². The first-order valence-corrected chi connectivity index (χ1v) is 31.0. The lowest BCUT2D eigenvalue weighted by Gasteiger charge is -2.27. The highest BCUT2D eigenvalue weighted by Gasteiger charge is 2.49. The quantitative estimate of drug-likeness (QED) is 0.00676. The van der Waals surface area contributed by atoms with Crippen molar-refractivity contribution in [3.63, 3.8) is 0 Å². The van der Waals surface area contributed by atoms with Crippen LogP contribution in [0.2, 0.25) is 0 Å². The van der Waals surface area contributed by atoms with Crippen LogP contribution in [0.5, 0.6) is 5.75 Å². The number of methoxy groups -OCH3 is 1. The molecule has 0 radical (unpaired) electrons. The lowest BCUT2D eigenvalue weighted by Crippen LogP contribution is -2.32. The van der Waals surface area contributed by atoms with Crippen LogP contribution in [0.3, 0.4) is 0 Å². The van der Waals surface area contributed by atoms with Crippen LogP contribution in [-0.4, -0.2) is 114 Å². The second-order valence-electron chi connectivity index (χ2n) is 19.3. The number of unbranched alkanes of at least 4 members (excludes halogenated alkanes) is 2. The van der Waals surface area contributed by atoms with E-state index in [1.165, 1.54) is 31.4 Å². The molecule has 5 aromatic rings. The molecule has 5 N–H and O–H groups in total. The number of anilines is 1. The molecular weight excluding hydrogens is 1150 g/mol. The molecule has 2 aliphatic rings. The Morgan fingerprint density at radius 1 is 0.658 bits per heavy atom. The number of hydrogen-bond acceptors (Lipinski definition) is 14. The van der Waals surface area contributed by atoms with Gasteiger partial charge < -0.3 is 14.4 Å². The molecule has 1 atom stereocenters. The first-order valence-electron chi connectivity index (χ1n) is 23.6. The van der Waals surface area contributed by atoms with Crippen molar-refractivity contribution >= 4 is 95.2 Å². The number of benzene rings is 5. The summed E-state index contributed by atoms with van der Waals surface area (Å²) in [5.41, 5.74) is -0.181. The van der Waals surface area contributed by atoms with Crippen molar-refractivity contribution in [3.05, 3.63) is 125 Å². The smallest absolute Gasteiger partial charge is 0.311 e. The van der Waals surface area contributed by atoms with Gasteiger partial charge in [0.25, 0.3) is 50.6 Å². The van der Waals surface area contributed by atoms with Gasteiger partial charge in [-0.1, -0.05) is 44.6 Å². The fourth-order valence-electron chi connectivity index (χ4n) is 10.3. The number of rotatable bonds is 21. The molecule has 7 rings (SSSR count). The van der Waals surface area contributed by atoms with Gasteiger partial charge in [-0.2, -0.15) is 55.4 Å². The van der Waals surface area contributed by atoms with Gasteiger partial charge in [0, 0.05) is 71.4 Å². The summed E-state index contributed by atoms with van der Waals surface area (Å²) in [6.45, 7) is 5.43. The molecule has 2 heterocycles. The summed E-state index contributed by atoms with van der Waals surface area (Å²) < 4.78 is 243. The largest absolute Gasteiger partial charge is 0.420 e. The fourth-order valence-corrected chi connectivity index (χ4v) is 13.5. The molecule has 20 nitrogen and oxygen atoms in total. The van der Waals surface area contributed by atoms with Crippen LogP contribution in [0.4, 0.5) is 28.9 Å². The third kappa shape index (κ3) is 12.5. The van der Waals surface area contributed by atoms with Crippen molar-refractivity contribution in [3.8, 4) is 5.75 Å². The van der Waals surface area contributed by atoms with Crippen LogP contribution in [-0.2, 0) is 71.0 Å². The Hall–Kier alpha value is -5.99. The summed E-state index contributed by atoms with van der Waals surface area (Å²) in [5.74, 6) is -10.8. The molecule has 29 heteroatoms. The van der Waals surface area contributed by atoms with Gasteiger partial charge in [-0.25, -0.2) is 8.78 Å². The Bertz CT molecular complexity index is 4060. The SMILES string of the molecule is COCC[N+]1=C(/C=C/C=C/C=C2/N(CCCCCC(=O)Oc3c(F)c(F)cc(F)c3F)c3ccc4c(S(=O)(=O)O)cc(S(=O)(=O)O)cc4c3C2(C)C)C(C)(CCCS(=O)(=O)O)c2c1ccc1c(S(=O)(=O)O)cc(S(=O)(=O)O)cc21. The minimum Gasteiger partial charge on any atom is -0.420 e. The van der Waals surface area contributed by atoms with Gasteiger partial charge in [0.2, 0.25) is 23.1 Å². The normalized spacial score (nSPS) is 17.5. The number of esters is 1. The van der Waals surface area contributed by atoms with E-state index in [-0.39, 0.29) is 85.0 Å². The average molecular weight is 1200 g/mol. The Kier molecular flexibility index (Phi) is 17.0. The zero-order valence-electron chi connectivity index (χ0n) is 42.1. The molecule has 0 amide bonds. The van der Waals surface area contributed by atoms with E-state index in [1.807, 2.05) is 0 Å². The van der Waals surface area contributed by atoms with Crippen molar-refractivity contribution in [1.82, 2.24) is 0 Å². The molecule has 2 aliphatic heterocycles. The third-order valence-corrected chi connectivity index (χ3v) is 17.9. The van der Waals surface area contributed by atoms with Crippen LogP contribution in [0.15, 0.2) is 110 Å². The number of fused-ring (bicyclic) bond motifs is 6. The van der Waals surface area contributed by atoms with Gasteiger partial charge in [-0.15, -0.1) is 0 Å². The zero-order valence-corrected chi connectivity index (χ0v) is 46.2. The predicted octanol–water partition coefficient (Wildman–Crippen LogP) is 8.17. The molecule has 0 saturated carbocycles. The summed E-state index contributed by atoms with van der Waals surface area (Å²) in [6, 6.07) is 8.91. The van der Waals surface area contributed by atoms with Crippen LogP contribution < -0.4 is 9.64 Å². The van der Waals surface area contributed by atoms with Gasteiger partial charge in [-0.05, 0) is 91.4 Å². The Morgan fingerprint density at radius 2 is 1.22 bits per heavy atom. The summed E-state index contributed by atoms with van der Waals surface area (Å²) in [7, 11) is -23.5. The molecule has 5 aromatic carbocycles. The number of allylic oxidation sites excluding steroid dienone is 6. The van der Waals surface area contributed by atoms with E-state index in [0.29, 0.717) is 40.5 Å². The van der Waals surface area contributed by atoms with E-state index in [0.717, 1.165) is 12.1 Å². The molecule has 1 unspecified atom stereocenters. The lowest BCUT2D eigenvalue weighted by molar-refractivity contribution is -0.441. The molecule has 79 heavy (non-hydrogen) atoms. The first-order chi connectivity index (χ1) is 36.5. The summed E-state index contributed by atoms with van der Waals surface area (Å²) in [4.78, 5) is 11.0. The summed E-state index contributed by atoms with van der Waals surface area (Å²) in [6.07, 6.45) is 7.86. The fraction of sp³-hybridized carbons (Fsp3) is 0.320. The van der Waals surface area contributed by atoms with Gasteiger partial charge >= 0.3 is 5.97 Å².